The van der Waals surface area contributed by atoms with Gasteiger partial charge in [0.15, 0.2) is 0 Å². The zero-order valence-electron chi connectivity index (χ0n) is 9.60. The average molecular weight is 201 g/mol. The van der Waals surface area contributed by atoms with E-state index in [2.05, 4.69) is 10.6 Å². The van der Waals surface area contributed by atoms with E-state index in [-0.39, 0.29) is 5.91 Å². The first-order valence-electron chi connectivity index (χ1n) is 5.25. The fourth-order valence-electron chi connectivity index (χ4n) is 1.22. The topological polar surface area (TPSA) is 44.4 Å². The molecule has 0 saturated carbocycles. The third-order valence-corrected chi connectivity index (χ3v) is 2.16. The molecule has 2 N–H and O–H groups in total. The van der Waals surface area contributed by atoms with Crippen LogP contribution >= 0.6 is 0 Å². The molecule has 0 heterocycles. The van der Waals surface area contributed by atoms with Crippen molar-refractivity contribution in [3.8, 4) is 0 Å². The maximum absolute atomic E-state index is 11.5. The second kappa shape index (κ2) is 8.97. The number of amides is 1. The van der Waals surface area contributed by atoms with Gasteiger partial charge in [0.05, 0.1) is 0 Å². The summed E-state index contributed by atoms with van der Waals surface area (Å²) in [6.07, 6.45) is 2.59. The summed E-state index contributed by atoms with van der Waals surface area (Å²) in [6, 6.07) is 0. The van der Waals surface area contributed by atoms with E-state index >= 15 is 0 Å². The minimum absolute atomic E-state index is 0.247. The lowest BCUT2D eigenvalue weighted by atomic mass is 10.2. The van der Waals surface area contributed by atoms with Crippen LogP contribution in [0.25, 0.3) is 0 Å². The molecular weight excluding hydrogens is 178 g/mol. The Morgan fingerprint density at radius 1 is 1.14 bits per heavy atom. The highest BCUT2D eigenvalue weighted by Gasteiger charge is 2.06. The van der Waals surface area contributed by atoms with E-state index in [9.17, 15) is 4.79 Å². The second-order valence-electron chi connectivity index (χ2n) is 3.48. The van der Waals surface area contributed by atoms with Gasteiger partial charge in [-0.3, -0.25) is 4.79 Å². The highest BCUT2D eigenvalue weighted by molar-refractivity contribution is 5.75. The number of hydrogen-bond acceptors (Lipinski definition) is 3. The van der Waals surface area contributed by atoms with Crippen molar-refractivity contribution in [2.75, 3.05) is 40.8 Å². The van der Waals surface area contributed by atoms with Gasteiger partial charge in [-0.05, 0) is 40.0 Å². The van der Waals surface area contributed by atoms with Crippen molar-refractivity contribution in [1.29, 1.82) is 0 Å². The van der Waals surface area contributed by atoms with Crippen LogP contribution in [0.4, 0.5) is 0 Å². The maximum atomic E-state index is 11.5. The number of hydrogen-bond donors (Lipinski definition) is 2. The summed E-state index contributed by atoms with van der Waals surface area (Å²) >= 11 is 0. The second-order valence-corrected chi connectivity index (χ2v) is 3.48. The number of rotatable bonds is 8. The van der Waals surface area contributed by atoms with Gasteiger partial charge in [0.2, 0.25) is 5.91 Å². The van der Waals surface area contributed by atoms with Crippen LogP contribution in [0.1, 0.15) is 19.3 Å². The molecule has 0 unspecified atom stereocenters. The predicted molar refractivity (Wildman–Crippen MR) is 59.3 cm³/mol. The Bertz CT molecular complexity index is 150. The highest BCUT2D eigenvalue weighted by Crippen LogP contribution is 1.95. The van der Waals surface area contributed by atoms with Crippen molar-refractivity contribution >= 4 is 5.91 Å². The van der Waals surface area contributed by atoms with E-state index in [1.165, 1.54) is 0 Å². The lowest BCUT2D eigenvalue weighted by Gasteiger charge is -2.16. The molecule has 4 heteroatoms. The molecule has 0 atom stereocenters. The summed E-state index contributed by atoms with van der Waals surface area (Å²) in [4.78, 5) is 13.3. The van der Waals surface area contributed by atoms with Crippen LogP contribution in [0.5, 0.6) is 0 Å². The van der Waals surface area contributed by atoms with Gasteiger partial charge < -0.3 is 15.5 Å². The van der Waals surface area contributed by atoms with Crippen LogP contribution in [-0.4, -0.2) is 51.6 Å². The average Bonchev–Trinajstić information content (AvgIpc) is 2.18. The molecule has 0 radical (unpaired) electrons. The van der Waals surface area contributed by atoms with Gasteiger partial charge in [0, 0.05) is 20.0 Å². The van der Waals surface area contributed by atoms with Gasteiger partial charge in [-0.1, -0.05) is 0 Å². The molecule has 0 aromatic rings. The summed E-state index contributed by atoms with van der Waals surface area (Å²) in [5.41, 5.74) is 0. The van der Waals surface area contributed by atoms with Crippen molar-refractivity contribution in [2.24, 2.45) is 0 Å². The molecule has 1 amide bonds. The molecule has 0 aromatic heterocycles. The molecule has 14 heavy (non-hydrogen) atoms. The molecule has 84 valence electrons. The number of nitrogens with zero attached hydrogens (tertiary/aromatic N) is 1. The SMILES string of the molecule is CNCCCC(=O)N(C)CCCNC. The van der Waals surface area contributed by atoms with Crippen molar-refractivity contribution in [3.63, 3.8) is 0 Å². The Kier molecular flexibility index (Phi) is 8.57. The lowest BCUT2D eigenvalue weighted by molar-refractivity contribution is -0.130. The van der Waals surface area contributed by atoms with E-state index in [1.807, 2.05) is 26.0 Å². The van der Waals surface area contributed by atoms with Crippen LogP contribution in [0.3, 0.4) is 0 Å². The summed E-state index contributed by atoms with van der Waals surface area (Å²) in [6.45, 7) is 2.73. The van der Waals surface area contributed by atoms with E-state index in [4.69, 9.17) is 0 Å². The Morgan fingerprint density at radius 2 is 1.71 bits per heavy atom. The van der Waals surface area contributed by atoms with Crippen molar-refractivity contribution in [1.82, 2.24) is 15.5 Å². The minimum Gasteiger partial charge on any atom is -0.346 e. The number of carbonyl (C=O) groups excluding carboxylic acids is 1. The zero-order chi connectivity index (χ0) is 10.8. The quantitative estimate of drug-likeness (QED) is 0.546. The Labute approximate surface area is 87.0 Å². The predicted octanol–water partition coefficient (Wildman–Crippen LogP) is 0.0539. The first kappa shape index (κ1) is 13.4. The molecule has 0 aliphatic rings. The van der Waals surface area contributed by atoms with Gasteiger partial charge >= 0.3 is 0 Å². The van der Waals surface area contributed by atoms with Crippen molar-refractivity contribution in [3.05, 3.63) is 0 Å². The molecule has 4 nitrogen and oxygen atoms in total. The molecular formula is C10H23N3O. The molecule has 0 fully saturated rings. The monoisotopic (exact) mass is 201 g/mol. The molecule has 0 rings (SSSR count). The Morgan fingerprint density at radius 3 is 2.29 bits per heavy atom. The number of nitrogens with one attached hydrogen (secondary N) is 2. The number of carbonyl (C=O) groups is 1. The van der Waals surface area contributed by atoms with Gasteiger partial charge in [-0.2, -0.15) is 0 Å². The summed E-state index contributed by atoms with van der Waals surface area (Å²) in [7, 11) is 5.70. The molecule has 0 spiro atoms. The van der Waals surface area contributed by atoms with Gasteiger partial charge in [0.25, 0.3) is 0 Å². The van der Waals surface area contributed by atoms with Crippen LogP contribution < -0.4 is 10.6 Å². The van der Waals surface area contributed by atoms with Crippen molar-refractivity contribution in [2.45, 2.75) is 19.3 Å². The third-order valence-electron chi connectivity index (χ3n) is 2.16. The van der Waals surface area contributed by atoms with Crippen molar-refractivity contribution < 1.29 is 4.79 Å². The smallest absolute Gasteiger partial charge is 0.222 e. The van der Waals surface area contributed by atoms with Crippen LogP contribution in [0.2, 0.25) is 0 Å². The van der Waals surface area contributed by atoms with E-state index < -0.39 is 0 Å². The Hall–Kier alpha value is -0.610. The normalized spacial score (nSPS) is 10.2. The third kappa shape index (κ3) is 6.86. The molecule has 0 saturated heterocycles. The lowest BCUT2D eigenvalue weighted by Crippen LogP contribution is -2.29. The molecule has 0 aliphatic carbocycles. The van der Waals surface area contributed by atoms with Crippen LogP contribution in [0, 0.1) is 0 Å². The van der Waals surface area contributed by atoms with E-state index in [0.717, 1.165) is 32.5 Å². The standard InChI is InChI=1S/C10H23N3O/c1-11-7-4-6-10(14)13(3)9-5-8-12-2/h11-12H,4-9H2,1-3H3. The van der Waals surface area contributed by atoms with Crippen LogP contribution in [0.15, 0.2) is 0 Å². The fraction of sp³-hybridized carbons (Fsp3) is 0.900. The maximum Gasteiger partial charge on any atom is 0.222 e. The van der Waals surface area contributed by atoms with E-state index in [1.54, 1.807) is 0 Å². The first-order valence-corrected chi connectivity index (χ1v) is 5.25. The summed E-state index contributed by atoms with van der Waals surface area (Å²) in [5.74, 6) is 0.247. The molecule has 0 bridgehead atoms. The Balaban J connectivity index is 3.44. The van der Waals surface area contributed by atoms with E-state index in [0.29, 0.717) is 6.42 Å². The molecule has 0 aliphatic heterocycles. The van der Waals surface area contributed by atoms with Gasteiger partial charge in [0.1, 0.15) is 0 Å². The minimum atomic E-state index is 0.247. The van der Waals surface area contributed by atoms with Gasteiger partial charge in [-0.15, -0.1) is 0 Å². The zero-order valence-corrected chi connectivity index (χ0v) is 9.60. The highest BCUT2D eigenvalue weighted by atomic mass is 16.2. The largest absolute Gasteiger partial charge is 0.346 e. The molecule has 0 aromatic carbocycles. The summed E-state index contributed by atoms with van der Waals surface area (Å²) in [5, 5.41) is 6.10. The summed E-state index contributed by atoms with van der Waals surface area (Å²) < 4.78 is 0. The first-order chi connectivity index (χ1) is 6.72. The fourth-order valence-corrected chi connectivity index (χ4v) is 1.22. The van der Waals surface area contributed by atoms with Gasteiger partial charge in [-0.25, -0.2) is 0 Å². The van der Waals surface area contributed by atoms with Crippen LogP contribution in [-0.2, 0) is 4.79 Å².